The van der Waals surface area contributed by atoms with Crippen LogP contribution < -0.4 is 0 Å². The average molecular weight is 391 g/mol. The molecular weight excluding hydrogens is 368 g/mol. The Kier molecular flexibility index (Phi) is 4.82. The van der Waals surface area contributed by atoms with Gasteiger partial charge in [0.05, 0.1) is 4.90 Å². The molecule has 4 rings (SSSR count). The van der Waals surface area contributed by atoms with Crippen LogP contribution >= 0.6 is 11.6 Å². The molecule has 6 heteroatoms. The van der Waals surface area contributed by atoms with Crippen molar-refractivity contribution in [2.75, 3.05) is 19.6 Å². The molecule has 0 N–H and O–H groups in total. The summed E-state index contributed by atoms with van der Waals surface area (Å²) in [6.07, 6.45) is 1.91. The van der Waals surface area contributed by atoms with Gasteiger partial charge >= 0.3 is 0 Å². The second-order valence-electron chi connectivity index (χ2n) is 7.20. The van der Waals surface area contributed by atoms with Crippen LogP contribution in [0.15, 0.2) is 47.4 Å². The lowest BCUT2D eigenvalue weighted by atomic mass is 9.98. The van der Waals surface area contributed by atoms with E-state index in [9.17, 15) is 8.42 Å². The van der Waals surface area contributed by atoms with Crippen LogP contribution in [0, 0.1) is 6.92 Å². The summed E-state index contributed by atoms with van der Waals surface area (Å²) in [4.78, 5) is 2.76. The maximum absolute atomic E-state index is 13.1. The number of hydrogen-bond donors (Lipinski definition) is 0. The van der Waals surface area contributed by atoms with Gasteiger partial charge in [0.2, 0.25) is 10.0 Å². The number of fused-ring (bicyclic) bond motifs is 1. The topological polar surface area (TPSA) is 40.6 Å². The summed E-state index contributed by atoms with van der Waals surface area (Å²) >= 11 is 6.04. The summed E-state index contributed by atoms with van der Waals surface area (Å²) in [5, 5.41) is 0.456. The summed E-state index contributed by atoms with van der Waals surface area (Å²) < 4.78 is 27.8. The largest absolute Gasteiger partial charge is 0.294 e. The molecule has 138 valence electrons. The fourth-order valence-electron chi connectivity index (χ4n) is 4.05. The summed E-state index contributed by atoms with van der Waals surface area (Å²) in [5.74, 6) is 0. The summed E-state index contributed by atoms with van der Waals surface area (Å²) in [5.41, 5.74) is 3.52. The Morgan fingerprint density at radius 2 is 1.85 bits per heavy atom. The van der Waals surface area contributed by atoms with Gasteiger partial charge in [0.1, 0.15) is 0 Å². The lowest BCUT2D eigenvalue weighted by molar-refractivity contribution is 0.185. The van der Waals surface area contributed by atoms with Crippen molar-refractivity contribution >= 4 is 21.6 Å². The molecule has 2 heterocycles. The highest BCUT2D eigenvalue weighted by molar-refractivity contribution is 7.89. The normalized spacial score (nSPS) is 21.7. The van der Waals surface area contributed by atoms with E-state index in [1.807, 2.05) is 6.92 Å². The molecule has 1 atom stereocenters. The highest BCUT2D eigenvalue weighted by atomic mass is 35.5. The second-order valence-corrected chi connectivity index (χ2v) is 9.55. The summed E-state index contributed by atoms with van der Waals surface area (Å²) in [6.45, 7) is 4.84. The quantitative estimate of drug-likeness (QED) is 0.805. The Hall–Kier alpha value is -1.40. The Bertz CT molecular complexity index is 929. The predicted octanol–water partition coefficient (Wildman–Crippen LogP) is 3.47. The van der Waals surface area contributed by atoms with Gasteiger partial charge in [0, 0.05) is 37.2 Å². The highest BCUT2D eigenvalue weighted by Crippen LogP contribution is 2.29. The maximum atomic E-state index is 13.1. The zero-order valence-corrected chi connectivity index (χ0v) is 16.4. The molecule has 1 saturated heterocycles. The van der Waals surface area contributed by atoms with Gasteiger partial charge < -0.3 is 0 Å². The SMILES string of the molecule is Cc1ccc(Cl)cc1S(=O)(=O)N1CCC(N2CCc3ccccc3C2)C1. The van der Waals surface area contributed by atoms with Gasteiger partial charge in [-0.3, -0.25) is 4.90 Å². The smallest absolute Gasteiger partial charge is 0.243 e. The van der Waals surface area contributed by atoms with Crippen molar-refractivity contribution < 1.29 is 8.42 Å². The van der Waals surface area contributed by atoms with Crippen molar-refractivity contribution in [2.24, 2.45) is 0 Å². The number of aryl methyl sites for hydroxylation is 1. The molecule has 1 unspecified atom stereocenters. The van der Waals surface area contributed by atoms with E-state index >= 15 is 0 Å². The fraction of sp³-hybridized carbons (Fsp3) is 0.400. The van der Waals surface area contributed by atoms with Crippen molar-refractivity contribution in [2.45, 2.75) is 37.2 Å². The molecule has 26 heavy (non-hydrogen) atoms. The maximum Gasteiger partial charge on any atom is 0.243 e. The summed E-state index contributed by atoms with van der Waals surface area (Å²) in [6, 6.07) is 13.9. The van der Waals surface area contributed by atoms with E-state index in [-0.39, 0.29) is 6.04 Å². The Morgan fingerprint density at radius 3 is 2.65 bits per heavy atom. The zero-order valence-electron chi connectivity index (χ0n) is 14.9. The van der Waals surface area contributed by atoms with E-state index in [2.05, 4.69) is 29.2 Å². The molecule has 0 bridgehead atoms. The van der Waals surface area contributed by atoms with E-state index in [4.69, 9.17) is 11.6 Å². The zero-order chi connectivity index (χ0) is 18.3. The number of halogens is 1. The first-order chi connectivity index (χ1) is 12.4. The molecule has 0 amide bonds. The molecular formula is C20H23ClN2O2S. The van der Waals surface area contributed by atoms with Crippen molar-refractivity contribution in [1.29, 1.82) is 0 Å². The first-order valence-corrected chi connectivity index (χ1v) is 10.8. The first kappa shape index (κ1) is 18.0. The number of benzene rings is 2. The van der Waals surface area contributed by atoms with Crippen LogP contribution in [0.1, 0.15) is 23.1 Å². The predicted molar refractivity (Wildman–Crippen MR) is 104 cm³/mol. The molecule has 4 nitrogen and oxygen atoms in total. The van der Waals surface area contributed by atoms with E-state index in [0.29, 0.717) is 23.0 Å². The van der Waals surface area contributed by atoms with Crippen LogP contribution in [-0.2, 0) is 23.0 Å². The van der Waals surface area contributed by atoms with Gasteiger partial charge in [-0.2, -0.15) is 4.31 Å². The van der Waals surface area contributed by atoms with Crippen molar-refractivity contribution in [3.05, 3.63) is 64.2 Å². The monoisotopic (exact) mass is 390 g/mol. The van der Waals surface area contributed by atoms with E-state index in [0.717, 1.165) is 31.5 Å². The van der Waals surface area contributed by atoms with E-state index in [1.165, 1.54) is 11.1 Å². The summed E-state index contributed by atoms with van der Waals surface area (Å²) in [7, 11) is -3.50. The molecule has 0 spiro atoms. The molecule has 0 saturated carbocycles. The van der Waals surface area contributed by atoms with Crippen LogP contribution in [0.2, 0.25) is 5.02 Å². The van der Waals surface area contributed by atoms with Gasteiger partial charge in [-0.05, 0) is 48.6 Å². The van der Waals surface area contributed by atoms with Gasteiger partial charge in [-0.15, -0.1) is 0 Å². The van der Waals surface area contributed by atoms with Crippen LogP contribution in [0.25, 0.3) is 0 Å². The molecule has 2 aliphatic heterocycles. The molecule has 1 fully saturated rings. The molecule has 0 aliphatic carbocycles. The van der Waals surface area contributed by atoms with Crippen molar-refractivity contribution in [3.8, 4) is 0 Å². The Balaban J connectivity index is 1.51. The first-order valence-electron chi connectivity index (χ1n) is 9.02. The number of rotatable bonds is 3. The average Bonchev–Trinajstić information content (AvgIpc) is 3.14. The van der Waals surface area contributed by atoms with E-state index in [1.54, 1.807) is 22.5 Å². The third kappa shape index (κ3) is 3.29. The van der Waals surface area contributed by atoms with Gasteiger partial charge in [0.15, 0.2) is 0 Å². The van der Waals surface area contributed by atoms with Gasteiger partial charge in [-0.25, -0.2) is 8.42 Å². The fourth-order valence-corrected chi connectivity index (χ4v) is 6.03. The number of hydrogen-bond acceptors (Lipinski definition) is 3. The number of sulfonamides is 1. The van der Waals surface area contributed by atoms with Crippen LogP contribution in [0.5, 0.6) is 0 Å². The van der Waals surface area contributed by atoms with Crippen molar-refractivity contribution in [1.82, 2.24) is 9.21 Å². The second kappa shape index (κ2) is 6.97. The van der Waals surface area contributed by atoms with Gasteiger partial charge in [0.25, 0.3) is 0 Å². The minimum absolute atomic E-state index is 0.276. The lowest BCUT2D eigenvalue weighted by Crippen LogP contribution is -2.41. The van der Waals surface area contributed by atoms with E-state index < -0.39 is 10.0 Å². The Labute approximate surface area is 160 Å². The molecule has 2 aliphatic rings. The Morgan fingerprint density at radius 1 is 1.08 bits per heavy atom. The third-order valence-corrected chi connectivity index (χ3v) is 7.81. The minimum atomic E-state index is -3.50. The third-order valence-electron chi connectivity index (χ3n) is 5.57. The van der Waals surface area contributed by atoms with Crippen LogP contribution in [0.3, 0.4) is 0 Å². The lowest BCUT2D eigenvalue weighted by Gasteiger charge is -2.33. The molecule has 0 aromatic heterocycles. The van der Waals surface area contributed by atoms with Crippen LogP contribution in [0.4, 0.5) is 0 Å². The molecule has 2 aromatic carbocycles. The van der Waals surface area contributed by atoms with Gasteiger partial charge in [-0.1, -0.05) is 41.9 Å². The van der Waals surface area contributed by atoms with Crippen LogP contribution in [-0.4, -0.2) is 43.3 Å². The number of nitrogens with zero attached hydrogens (tertiary/aromatic N) is 2. The molecule has 2 aromatic rings. The standard InChI is InChI=1S/C20H23ClN2O2S/c1-15-6-7-18(21)12-20(15)26(24,25)23-11-9-19(14-23)22-10-8-16-4-2-3-5-17(16)13-22/h2-7,12,19H,8-11,13-14H2,1H3. The van der Waals surface area contributed by atoms with Crippen molar-refractivity contribution in [3.63, 3.8) is 0 Å². The minimum Gasteiger partial charge on any atom is -0.294 e. The molecule has 0 radical (unpaired) electrons. The highest BCUT2D eigenvalue weighted by Gasteiger charge is 2.36.